The van der Waals surface area contributed by atoms with Gasteiger partial charge in [-0.05, 0) is 102 Å². The predicted octanol–water partition coefficient (Wildman–Crippen LogP) is 3.48. The Labute approximate surface area is 429 Å². The molecule has 4 heterocycles. The molecule has 9 atom stereocenters. The average Bonchev–Trinajstić information content (AvgIpc) is 3.74. The molecule has 6 amide bonds. The van der Waals surface area contributed by atoms with Crippen molar-refractivity contribution in [2.45, 2.75) is 179 Å². The third-order valence-corrected chi connectivity index (χ3v) is 18.9. The molecule has 0 saturated carbocycles. The Kier molecular flexibility index (Phi) is 18.7. The number of methoxy groups -OCH3 is 1. The maximum absolute atomic E-state index is 15.5. The van der Waals surface area contributed by atoms with E-state index in [2.05, 4.69) is 38.7 Å². The Morgan fingerprint density at radius 2 is 1.51 bits per heavy atom. The number of anilines is 1. The van der Waals surface area contributed by atoms with Crippen molar-refractivity contribution >= 4 is 67.2 Å². The standard InChI is InChI=1S/C49H78ClN9O12Si/c1-15-22-69-44(65)33(26-68-12)53-39(60)34-18-16-20-51-58(34)41(62)35-19-17-21-52-59(35)43(64)37(27(2)3)55-40(61)36-25-49(67)30-23-28(4)31(50)24-32(30)54-45(49)57(36)42(63)38(56-46(66)70-47(6,7)8)29(5)71-72(13,14)48(9,10)11/h15,23-24,27,29,33-38,45,51-52,54,67H,1,16-22,25-26H2,2-14H3,(H,53,60)(H,55,61)(H,56,66)/t29-,33-,34+,35-,36-,37+,38+,45-,49+/m0/s1. The minimum atomic E-state index is -2.62. The van der Waals surface area contributed by atoms with Gasteiger partial charge in [0.1, 0.15) is 54.2 Å². The molecule has 0 radical (unpaired) electrons. The minimum absolute atomic E-state index is 0.0814. The van der Waals surface area contributed by atoms with Gasteiger partial charge in [0.15, 0.2) is 14.4 Å². The highest BCUT2D eigenvalue weighted by Crippen LogP contribution is 2.51. The van der Waals surface area contributed by atoms with Crippen molar-refractivity contribution in [1.29, 1.82) is 0 Å². The van der Waals surface area contributed by atoms with E-state index in [1.165, 1.54) is 28.1 Å². The number of esters is 1. The van der Waals surface area contributed by atoms with Crippen LogP contribution in [0.3, 0.4) is 0 Å². The zero-order chi connectivity index (χ0) is 53.8. The van der Waals surface area contributed by atoms with Crippen molar-refractivity contribution in [3.05, 3.63) is 40.9 Å². The van der Waals surface area contributed by atoms with Crippen LogP contribution in [0.4, 0.5) is 10.5 Å². The SMILES string of the molecule is C=CCOC(=O)[C@H](COC)NC(=O)[C@H]1CCCNN1C(=O)[C@@H]1CCCNN1C(=O)[C@H](NC(=O)[C@@H]1C[C@@]2(O)c3cc(C)c(Cl)cc3N[C@H]2N1C(=O)[C@H](NC(=O)OC(C)(C)C)[C@H](C)O[Si](C)(C)C(C)(C)C)C(C)C. The van der Waals surface area contributed by atoms with Crippen LogP contribution in [0.25, 0.3) is 0 Å². The van der Waals surface area contributed by atoms with E-state index in [9.17, 15) is 29.1 Å². The number of hydrogen-bond donors (Lipinski definition) is 7. The van der Waals surface area contributed by atoms with Crippen LogP contribution in [-0.2, 0) is 53.0 Å². The Bertz CT molecular complexity index is 2220. The number of nitrogens with zero attached hydrogens (tertiary/aromatic N) is 3. The van der Waals surface area contributed by atoms with Crippen molar-refractivity contribution < 1.29 is 57.3 Å². The smallest absolute Gasteiger partial charge is 0.408 e. The molecule has 3 fully saturated rings. The topological polar surface area (TPSA) is 259 Å². The minimum Gasteiger partial charge on any atom is -0.460 e. The fourth-order valence-corrected chi connectivity index (χ4v) is 10.8. The Morgan fingerprint density at radius 3 is 2.10 bits per heavy atom. The van der Waals surface area contributed by atoms with Crippen molar-refractivity contribution in [1.82, 2.24) is 41.7 Å². The first-order valence-corrected chi connectivity index (χ1v) is 28.1. The van der Waals surface area contributed by atoms with E-state index >= 15 is 9.59 Å². The number of halogens is 1. The number of amides is 6. The molecule has 402 valence electrons. The van der Waals surface area contributed by atoms with E-state index in [0.29, 0.717) is 47.8 Å². The summed E-state index contributed by atoms with van der Waals surface area (Å²) < 4.78 is 22.7. The Hall–Kier alpha value is -4.84. The summed E-state index contributed by atoms with van der Waals surface area (Å²) in [6, 6.07) is -4.18. The molecule has 0 aromatic heterocycles. The molecule has 7 N–H and O–H groups in total. The van der Waals surface area contributed by atoms with E-state index in [0.717, 1.165) is 0 Å². The normalized spacial score (nSPS) is 23.9. The molecular formula is C49H78ClN9O12Si. The number of carbonyl (C=O) groups is 7. The lowest BCUT2D eigenvalue weighted by atomic mass is 9.90. The summed E-state index contributed by atoms with van der Waals surface area (Å²) in [5, 5.41) is 26.7. The van der Waals surface area contributed by atoms with Gasteiger partial charge in [-0.25, -0.2) is 20.4 Å². The van der Waals surface area contributed by atoms with E-state index in [1.54, 1.807) is 60.6 Å². The van der Waals surface area contributed by atoms with Crippen molar-refractivity contribution in [3.8, 4) is 0 Å². The van der Waals surface area contributed by atoms with Gasteiger partial charge in [0.25, 0.3) is 11.8 Å². The number of likely N-dealkylation sites (tertiary alicyclic amines) is 1. The van der Waals surface area contributed by atoms with Gasteiger partial charge in [0.2, 0.25) is 17.7 Å². The molecule has 3 saturated heterocycles. The number of hydrogen-bond acceptors (Lipinski definition) is 15. The third kappa shape index (κ3) is 12.9. The summed E-state index contributed by atoms with van der Waals surface area (Å²) in [5.74, 6) is -4.76. The highest BCUT2D eigenvalue weighted by Gasteiger charge is 2.62. The summed E-state index contributed by atoms with van der Waals surface area (Å²) in [4.78, 5) is 101. The van der Waals surface area contributed by atoms with E-state index in [1.807, 2.05) is 33.9 Å². The molecule has 1 aromatic carbocycles. The second kappa shape index (κ2) is 23.1. The van der Waals surface area contributed by atoms with E-state index in [4.69, 9.17) is 30.2 Å². The summed E-state index contributed by atoms with van der Waals surface area (Å²) >= 11 is 6.55. The highest BCUT2D eigenvalue weighted by molar-refractivity contribution is 6.74. The van der Waals surface area contributed by atoms with Crippen molar-refractivity contribution in [3.63, 3.8) is 0 Å². The summed E-state index contributed by atoms with van der Waals surface area (Å²) in [6.45, 7) is 26.0. The van der Waals surface area contributed by atoms with Crippen LogP contribution in [-0.4, -0.2) is 157 Å². The first kappa shape index (κ1) is 58.1. The summed E-state index contributed by atoms with van der Waals surface area (Å²) in [7, 11) is -1.25. The summed E-state index contributed by atoms with van der Waals surface area (Å²) in [5.41, 5.74) is 4.77. The van der Waals surface area contributed by atoms with Crippen LogP contribution in [0.1, 0.15) is 106 Å². The number of rotatable bonds is 17. The van der Waals surface area contributed by atoms with Crippen LogP contribution < -0.4 is 32.1 Å². The first-order chi connectivity index (χ1) is 33.5. The van der Waals surface area contributed by atoms with Crippen LogP contribution >= 0.6 is 11.6 Å². The highest BCUT2D eigenvalue weighted by atomic mass is 35.5. The molecular weight excluding hydrogens is 970 g/mol. The lowest BCUT2D eigenvalue weighted by molar-refractivity contribution is -0.161. The second-order valence-corrected chi connectivity index (χ2v) is 27.2. The molecule has 1 aromatic rings. The van der Waals surface area contributed by atoms with Gasteiger partial charge < -0.3 is 49.9 Å². The zero-order valence-corrected chi connectivity index (χ0v) is 45.9. The number of benzene rings is 1. The number of nitrogens with one attached hydrogen (secondary N) is 6. The van der Waals surface area contributed by atoms with Gasteiger partial charge >= 0.3 is 12.1 Å². The van der Waals surface area contributed by atoms with Crippen molar-refractivity contribution in [2.75, 3.05) is 38.7 Å². The van der Waals surface area contributed by atoms with Gasteiger partial charge in [-0.2, -0.15) is 0 Å². The molecule has 0 spiro atoms. The van der Waals surface area contributed by atoms with Gasteiger partial charge in [-0.1, -0.05) is 58.9 Å². The Morgan fingerprint density at radius 1 is 0.903 bits per heavy atom. The quantitative estimate of drug-likeness (QED) is 0.0670. The average molecular weight is 1050 g/mol. The monoisotopic (exact) mass is 1050 g/mol. The number of ether oxygens (including phenoxy) is 3. The number of carbonyl (C=O) groups excluding carboxylic acids is 7. The first-order valence-electron chi connectivity index (χ1n) is 24.8. The lowest BCUT2D eigenvalue weighted by Crippen LogP contribution is -2.68. The Balaban J connectivity index is 1.48. The largest absolute Gasteiger partial charge is 0.460 e. The van der Waals surface area contributed by atoms with Gasteiger partial charge in [-0.15, -0.1) is 0 Å². The lowest BCUT2D eigenvalue weighted by Gasteiger charge is -2.43. The molecule has 4 aliphatic rings. The van der Waals surface area contributed by atoms with Crippen LogP contribution in [0.5, 0.6) is 0 Å². The van der Waals surface area contributed by atoms with Gasteiger partial charge in [0, 0.05) is 42.9 Å². The second-order valence-electron chi connectivity index (χ2n) is 22.0. The van der Waals surface area contributed by atoms with Crippen molar-refractivity contribution in [2.24, 2.45) is 5.92 Å². The number of hydrazine groups is 2. The van der Waals surface area contributed by atoms with E-state index < -0.39 is 116 Å². The molecule has 4 aliphatic heterocycles. The molecule has 5 rings (SSSR count). The maximum Gasteiger partial charge on any atom is 0.408 e. The number of alkyl carbamates (subject to hydrolysis) is 1. The number of fused-ring (bicyclic) bond motifs is 3. The molecule has 0 aliphatic carbocycles. The molecule has 0 unspecified atom stereocenters. The van der Waals surface area contributed by atoms with E-state index in [-0.39, 0.29) is 37.5 Å². The zero-order valence-electron chi connectivity index (χ0n) is 44.2. The molecule has 0 bridgehead atoms. The third-order valence-electron chi connectivity index (χ3n) is 13.9. The van der Waals surface area contributed by atoms with Gasteiger partial charge in [0.05, 0.1) is 12.7 Å². The van der Waals surface area contributed by atoms with Crippen LogP contribution in [0.15, 0.2) is 24.8 Å². The maximum atomic E-state index is 15.5. The number of aryl methyl sites for hydroxylation is 1. The fraction of sp³-hybridized carbons (Fsp3) is 0.694. The van der Waals surface area contributed by atoms with Gasteiger partial charge in [-0.3, -0.25) is 34.0 Å². The number of aliphatic hydroxyl groups is 1. The fourth-order valence-electron chi connectivity index (χ4n) is 9.18. The molecule has 23 heteroatoms. The molecule has 72 heavy (non-hydrogen) atoms. The van der Waals surface area contributed by atoms with Crippen LogP contribution in [0.2, 0.25) is 23.2 Å². The predicted molar refractivity (Wildman–Crippen MR) is 271 cm³/mol. The summed E-state index contributed by atoms with van der Waals surface area (Å²) in [6.07, 6.45) is -0.578. The molecule has 21 nitrogen and oxygen atoms in total. The van der Waals surface area contributed by atoms with Crippen LogP contribution in [0, 0.1) is 12.8 Å².